The highest BCUT2D eigenvalue weighted by molar-refractivity contribution is 4.74. The van der Waals surface area contributed by atoms with Crippen LogP contribution in [-0.2, 0) is 0 Å². The van der Waals surface area contributed by atoms with Gasteiger partial charge in [0.2, 0.25) is 0 Å². The Bertz CT molecular complexity index is 116. The van der Waals surface area contributed by atoms with E-state index in [2.05, 4.69) is 26.2 Å². The molecule has 0 radical (unpaired) electrons. The predicted octanol–water partition coefficient (Wildman–Crippen LogP) is 2.81. The monoisotopic (exact) mass is 169 g/mol. The van der Waals surface area contributed by atoms with E-state index in [0.29, 0.717) is 6.04 Å². The topological polar surface area (TPSA) is 12.0 Å². The average molecular weight is 169 g/mol. The molecule has 0 spiro atoms. The molecule has 1 N–H and O–H groups in total. The zero-order valence-electron chi connectivity index (χ0n) is 8.77. The fourth-order valence-corrected chi connectivity index (χ4v) is 2.26. The summed E-state index contributed by atoms with van der Waals surface area (Å²) in [6.07, 6.45) is 7.36. The molecule has 0 aliphatic heterocycles. The lowest BCUT2D eigenvalue weighted by atomic mass is 9.90. The third kappa shape index (κ3) is 2.78. The van der Waals surface area contributed by atoms with Gasteiger partial charge in [-0.3, -0.25) is 0 Å². The van der Waals surface area contributed by atoms with E-state index in [1.54, 1.807) is 0 Å². The van der Waals surface area contributed by atoms with Gasteiger partial charge in [0.15, 0.2) is 0 Å². The summed E-state index contributed by atoms with van der Waals surface area (Å²) >= 11 is 0. The SMILES string of the molecule is CNC(C)C(C)CC1CCCC1. The van der Waals surface area contributed by atoms with Crippen LogP contribution < -0.4 is 5.32 Å². The van der Waals surface area contributed by atoms with Crippen LogP contribution in [-0.4, -0.2) is 13.1 Å². The fourth-order valence-electron chi connectivity index (χ4n) is 2.26. The minimum atomic E-state index is 0.686. The zero-order chi connectivity index (χ0) is 8.97. The van der Waals surface area contributed by atoms with Gasteiger partial charge in [0.05, 0.1) is 0 Å². The molecule has 1 fully saturated rings. The van der Waals surface area contributed by atoms with Crippen LogP contribution in [0.3, 0.4) is 0 Å². The first-order valence-corrected chi connectivity index (χ1v) is 5.41. The van der Waals surface area contributed by atoms with Crippen molar-refractivity contribution in [1.82, 2.24) is 5.32 Å². The van der Waals surface area contributed by atoms with Crippen molar-refractivity contribution in [3.8, 4) is 0 Å². The Balaban J connectivity index is 2.19. The second kappa shape index (κ2) is 4.86. The van der Waals surface area contributed by atoms with Crippen molar-refractivity contribution in [2.45, 2.75) is 52.0 Å². The molecule has 0 heterocycles. The lowest BCUT2D eigenvalue weighted by molar-refractivity contribution is 0.332. The van der Waals surface area contributed by atoms with E-state index in [0.717, 1.165) is 11.8 Å². The summed E-state index contributed by atoms with van der Waals surface area (Å²) in [4.78, 5) is 0. The fraction of sp³-hybridized carbons (Fsp3) is 1.00. The molecule has 12 heavy (non-hydrogen) atoms. The summed E-state index contributed by atoms with van der Waals surface area (Å²) < 4.78 is 0. The molecule has 0 amide bonds. The summed E-state index contributed by atoms with van der Waals surface area (Å²) in [5, 5.41) is 3.34. The third-order valence-corrected chi connectivity index (χ3v) is 3.49. The molecule has 0 aromatic carbocycles. The second-order valence-corrected chi connectivity index (χ2v) is 4.44. The normalized spacial score (nSPS) is 24.2. The van der Waals surface area contributed by atoms with Crippen molar-refractivity contribution in [1.29, 1.82) is 0 Å². The number of rotatable bonds is 4. The van der Waals surface area contributed by atoms with Gasteiger partial charge in [-0.15, -0.1) is 0 Å². The minimum absolute atomic E-state index is 0.686. The largest absolute Gasteiger partial charge is 0.317 e. The van der Waals surface area contributed by atoms with Crippen LogP contribution >= 0.6 is 0 Å². The van der Waals surface area contributed by atoms with Gasteiger partial charge in [-0.1, -0.05) is 32.6 Å². The van der Waals surface area contributed by atoms with Crippen molar-refractivity contribution < 1.29 is 0 Å². The predicted molar refractivity (Wildman–Crippen MR) is 54.3 cm³/mol. The summed E-state index contributed by atoms with van der Waals surface area (Å²) in [6.45, 7) is 4.67. The number of hydrogen-bond donors (Lipinski definition) is 1. The van der Waals surface area contributed by atoms with E-state index < -0.39 is 0 Å². The molecule has 2 unspecified atom stereocenters. The molecular weight excluding hydrogens is 146 g/mol. The molecule has 2 atom stereocenters. The van der Waals surface area contributed by atoms with Crippen molar-refractivity contribution in [3.05, 3.63) is 0 Å². The van der Waals surface area contributed by atoms with Crippen LogP contribution in [0.4, 0.5) is 0 Å². The smallest absolute Gasteiger partial charge is 0.00614 e. The quantitative estimate of drug-likeness (QED) is 0.682. The molecule has 72 valence electrons. The molecule has 1 aliphatic rings. The number of hydrogen-bond acceptors (Lipinski definition) is 1. The van der Waals surface area contributed by atoms with Gasteiger partial charge in [-0.05, 0) is 32.2 Å². The van der Waals surface area contributed by atoms with E-state index in [1.165, 1.54) is 32.1 Å². The van der Waals surface area contributed by atoms with Gasteiger partial charge < -0.3 is 5.32 Å². The molecular formula is C11H23N. The Hall–Kier alpha value is -0.0400. The Labute approximate surface area is 76.9 Å². The highest BCUT2D eigenvalue weighted by Gasteiger charge is 2.19. The first-order chi connectivity index (χ1) is 5.74. The van der Waals surface area contributed by atoms with Gasteiger partial charge in [-0.2, -0.15) is 0 Å². The molecule has 0 aromatic heterocycles. The Morgan fingerprint density at radius 1 is 1.25 bits per heavy atom. The average Bonchev–Trinajstić information content (AvgIpc) is 2.55. The summed E-state index contributed by atoms with van der Waals surface area (Å²) in [6, 6.07) is 0.686. The zero-order valence-corrected chi connectivity index (χ0v) is 8.77. The first kappa shape index (κ1) is 10.0. The maximum absolute atomic E-state index is 3.34. The molecule has 1 heteroatoms. The van der Waals surface area contributed by atoms with Crippen molar-refractivity contribution in [3.63, 3.8) is 0 Å². The van der Waals surface area contributed by atoms with Gasteiger partial charge >= 0.3 is 0 Å². The van der Waals surface area contributed by atoms with Crippen LogP contribution in [0.1, 0.15) is 46.0 Å². The second-order valence-electron chi connectivity index (χ2n) is 4.44. The van der Waals surface area contributed by atoms with Crippen LogP contribution in [0, 0.1) is 11.8 Å². The van der Waals surface area contributed by atoms with E-state index in [9.17, 15) is 0 Å². The van der Waals surface area contributed by atoms with Gasteiger partial charge in [-0.25, -0.2) is 0 Å². The lowest BCUT2D eigenvalue weighted by Gasteiger charge is -2.22. The minimum Gasteiger partial charge on any atom is -0.317 e. The van der Waals surface area contributed by atoms with E-state index in [-0.39, 0.29) is 0 Å². The van der Waals surface area contributed by atoms with Crippen molar-refractivity contribution >= 4 is 0 Å². The highest BCUT2D eigenvalue weighted by atomic mass is 14.9. The summed E-state index contributed by atoms with van der Waals surface area (Å²) in [5.41, 5.74) is 0. The van der Waals surface area contributed by atoms with Gasteiger partial charge in [0.25, 0.3) is 0 Å². The summed E-state index contributed by atoms with van der Waals surface area (Å²) in [5.74, 6) is 1.88. The van der Waals surface area contributed by atoms with Crippen LogP contribution in [0.5, 0.6) is 0 Å². The Morgan fingerprint density at radius 3 is 2.33 bits per heavy atom. The maximum atomic E-state index is 3.34. The van der Waals surface area contributed by atoms with Crippen LogP contribution in [0.2, 0.25) is 0 Å². The lowest BCUT2D eigenvalue weighted by Crippen LogP contribution is -2.29. The van der Waals surface area contributed by atoms with Gasteiger partial charge in [0.1, 0.15) is 0 Å². The molecule has 1 rings (SSSR count). The molecule has 1 aliphatic carbocycles. The van der Waals surface area contributed by atoms with Crippen molar-refractivity contribution in [2.75, 3.05) is 7.05 Å². The first-order valence-electron chi connectivity index (χ1n) is 5.41. The highest BCUT2D eigenvalue weighted by Crippen LogP contribution is 2.30. The van der Waals surface area contributed by atoms with E-state index in [1.807, 2.05) is 0 Å². The van der Waals surface area contributed by atoms with E-state index in [4.69, 9.17) is 0 Å². The molecule has 0 aromatic rings. The van der Waals surface area contributed by atoms with Crippen molar-refractivity contribution in [2.24, 2.45) is 11.8 Å². The standard InChI is InChI=1S/C11H23N/c1-9(10(2)12-3)8-11-6-4-5-7-11/h9-12H,4-8H2,1-3H3. The molecule has 1 nitrogen and oxygen atoms in total. The maximum Gasteiger partial charge on any atom is 0.00614 e. The molecule has 0 saturated heterocycles. The number of nitrogens with one attached hydrogen (secondary N) is 1. The Kier molecular flexibility index (Phi) is 4.07. The van der Waals surface area contributed by atoms with E-state index >= 15 is 0 Å². The molecule has 0 bridgehead atoms. The Morgan fingerprint density at radius 2 is 1.83 bits per heavy atom. The van der Waals surface area contributed by atoms with Gasteiger partial charge in [0, 0.05) is 6.04 Å². The van der Waals surface area contributed by atoms with Crippen LogP contribution in [0.15, 0.2) is 0 Å². The molecule has 1 saturated carbocycles. The third-order valence-electron chi connectivity index (χ3n) is 3.49. The summed E-state index contributed by atoms with van der Waals surface area (Å²) in [7, 11) is 2.07. The van der Waals surface area contributed by atoms with Crippen LogP contribution in [0.25, 0.3) is 0 Å².